The number of nitrogens with one attached hydrogen (secondary N) is 2. The van der Waals surface area contributed by atoms with Crippen molar-refractivity contribution >= 4 is 39.9 Å². The van der Waals surface area contributed by atoms with Gasteiger partial charge in [0, 0.05) is 58.5 Å². The Hall–Kier alpha value is -3.12. The molecule has 4 heterocycles. The van der Waals surface area contributed by atoms with E-state index in [0.717, 1.165) is 31.7 Å². The highest BCUT2D eigenvalue weighted by Gasteiger charge is 2.15. The SMILES string of the molecule is CCO.[O-][s+]1nc(NCCCN(Cc2cccs2)c2ccccn2)c(NCCc2ccncc2)n1. The van der Waals surface area contributed by atoms with Crippen molar-refractivity contribution in [1.82, 2.24) is 18.7 Å². The second-order valence-electron chi connectivity index (χ2n) is 7.43. The first-order valence-corrected chi connectivity index (χ1v) is 13.4. The van der Waals surface area contributed by atoms with E-state index in [9.17, 15) is 4.55 Å². The molecule has 0 amide bonds. The molecule has 0 spiro atoms. The first kappa shape index (κ1) is 26.5. The second-order valence-corrected chi connectivity index (χ2v) is 9.29. The van der Waals surface area contributed by atoms with Crippen molar-refractivity contribution < 1.29 is 9.66 Å². The van der Waals surface area contributed by atoms with Crippen molar-refractivity contribution in [1.29, 1.82) is 0 Å². The van der Waals surface area contributed by atoms with Crippen LogP contribution >= 0.6 is 22.5 Å². The fourth-order valence-corrected chi connectivity index (χ4v) is 4.63. The van der Waals surface area contributed by atoms with Crippen molar-refractivity contribution in [3.63, 3.8) is 0 Å². The summed E-state index contributed by atoms with van der Waals surface area (Å²) in [5.74, 6) is 2.07. The standard InChI is InChI=1S/C22H25N7OS2.C2H6O/c30-32-27-21(22(28-32)26-14-9-18-7-12-23-13-8-18)25-11-4-15-29(17-19-5-3-16-31-19)20-6-1-2-10-24-20;1-2-3/h1-3,5-8,10,12-13,16H,4,9,11,14-15,17H2,(H,25,27)(H,26,28);3H,2H2,1H3. The lowest BCUT2D eigenvalue weighted by Gasteiger charge is -2.23. The van der Waals surface area contributed by atoms with Gasteiger partial charge in [-0.2, -0.15) is 0 Å². The van der Waals surface area contributed by atoms with Gasteiger partial charge in [-0.3, -0.25) is 4.98 Å². The highest BCUT2D eigenvalue weighted by molar-refractivity contribution is 7.14. The lowest BCUT2D eigenvalue weighted by Crippen LogP contribution is -2.26. The molecule has 0 fully saturated rings. The Morgan fingerprint density at radius 1 is 1.00 bits per heavy atom. The number of pyridine rings is 2. The van der Waals surface area contributed by atoms with Crippen molar-refractivity contribution in [3.05, 3.63) is 76.9 Å². The Kier molecular flexibility index (Phi) is 11.3. The number of aliphatic hydroxyl groups excluding tert-OH is 1. The molecule has 186 valence electrons. The van der Waals surface area contributed by atoms with Crippen LogP contribution in [0, 0.1) is 0 Å². The number of hydrogen-bond acceptors (Lipinski definition) is 10. The van der Waals surface area contributed by atoms with E-state index < -0.39 is 11.1 Å². The summed E-state index contributed by atoms with van der Waals surface area (Å²) in [4.78, 5) is 12.1. The fourth-order valence-electron chi connectivity index (χ4n) is 3.25. The molecule has 0 saturated carbocycles. The number of thiophene rings is 1. The van der Waals surface area contributed by atoms with Crippen LogP contribution in [0.15, 0.2) is 66.4 Å². The molecule has 4 aromatic rings. The van der Waals surface area contributed by atoms with E-state index >= 15 is 0 Å². The maximum Gasteiger partial charge on any atom is 0.232 e. The van der Waals surface area contributed by atoms with Crippen LogP contribution in [0.3, 0.4) is 0 Å². The Morgan fingerprint density at radius 2 is 1.74 bits per heavy atom. The van der Waals surface area contributed by atoms with Gasteiger partial charge in [0.15, 0.2) is 11.1 Å². The quantitative estimate of drug-likeness (QED) is 0.189. The summed E-state index contributed by atoms with van der Waals surface area (Å²) < 4.78 is 20.0. The molecule has 9 nitrogen and oxygen atoms in total. The number of aromatic nitrogens is 4. The first-order chi connectivity index (χ1) is 17.2. The van der Waals surface area contributed by atoms with E-state index in [1.807, 2.05) is 36.5 Å². The van der Waals surface area contributed by atoms with Crippen molar-refractivity contribution in [2.45, 2.75) is 26.3 Å². The van der Waals surface area contributed by atoms with Gasteiger partial charge in [-0.25, -0.2) is 4.98 Å². The highest BCUT2D eigenvalue weighted by atomic mass is 32.2. The summed E-state index contributed by atoms with van der Waals surface area (Å²) >= 11 is 0.172. The Balaban J connectivity index is 0.00000108. The average Bonchev–Trinajstić information content (AvgIpc) is 3.52. The van der Waals surface area contributed by atoms with Crippen molar-refractivity contribution in [3.8, 4) is 0 Å². The van der Waals surface area contributed by atoms with Gasteiger partial charge in [-0.15, -0.1) is 11.3 Å². The topological polar surface area (TPSA) is 122 Å². The van der Waals surface area contributed by atoms with Crippen LogP contribution in [0.2, 0.25) is 0 Å². The molecule has 4 aromatic heterocycles. The van der Waals surface area contributed by atoms with Crippen molar-refractivity contribution in [2.24, 2.45) is 0 Å². The number of aliphatic hydroxyl groups is 1. The summed E-state index contributed by atoms with van der Waals surface area (Å²) in [6.07, 6.45) is 7.07. The molecule has 1 atom stereocenters. The molecule has 3 N–H and O–H groups in total. The molecular weight excluding hydrogens is 482 g/mol. The smallest absolute Gasteiger partial charge is 0.232 e. The molecular formula is C24H31N7O2S2. The third-order valence-corrected chi connectivity index (χ3v) is 6.35. The van der Waals surface area contributed by atoms with Crippen LogP contribution in [0.25, 0.3) is 0 Å². The summed E-state index contributed by atoms with van der Waals surface area (Å²) in [6.45, 7) is 4.95. The summed E-state index contributed by atoms with van der Waals surface area (Å²) in [6, 6.07) is 14.1. The van der Waals surface area contributed by atoms with Crippen LogP contribution < -0.4 is 15.5 Å². The number of hydrogen-bond donors (Lipinski definition) is 3. The Bertz CT molecular complexity index is 1080. The molecule has 4 rings (SSSR count). The second kappa shape index (κ2) is 15.0. The van der Waals surface area contributed by atoms with Gasteiger partial charge in [0.2, 0.25) is 11.6 Å². The van der Waals surface area contributed by atoms with Crippen LogP contribution in [0.4, 0.5) is 17.5 Å². The molecule has 11 heteroatoms. The molecule has 0 radical (unpaired) electrons. The zero-order chi connectivity index (χ0) is 24.7. The molecule has 0 bridgehead atoms. The molecule has 0 aliphatic heterocycles. The molecule has 0 aromatic carbocycles. The molecule has 0 aliphatic rings. The predicted molar refractivity (Wildman–Crippen MR) is 143 cm³/mol. The maximum atomic E-state index is 11.8. The summed E-state index contributed by atoms with van der Waals surface area (Å²) in [5.41, 5.74) is 1.18. The van der Waals surface area contributed by atoms with E-state index in [2.05, 4.69) is 51.8 Å². The van der Waals surface area contributed by atoms with E-state index in [-0.39, 0.29) is 6.61 Å². The highest BCUT2D eigenvalue weighted by Crippen LogP contribution is 2.23. The minimum absolute atomic E-state index is 0.250. The van der Waals surface area contributed by atoms with Gasteiger partial charge in [0.05, 0.1) is 6.54 Å². The minimum atomic E-state index is -1.57. The number of nitrogens with zero attached hydrogens (tertiary/aromatic N) is 5. The van der Waals surface area contributed by atoms with Crippen LogP contribution in [0.1, 0.15) is 23.8 Å². The van der Waals surface area contributed by atoms with Gasteiger partial charge in [0.1, 0.15) is 5.82 Å². The zero-order valence-electron chi connectivity index (χ0n) is 19.7. The van der Waals surface area contributed by atoms with Gasteiger partial charge in [-0.1, -0.05) is 12.1 Å². The molecule has 35 heavy (non-hydrogen) atoms. The number of rotatable bonds is 12. The molecule has 0 saturated heterocycles. The molecule has 1 unspecified atom stereocenters. The fraction of sp³-hybridized carbons (Fsp3) is 0.333. The van der Waals surface area contributed by atoms with Gasteiger partial charge in [-0.05, 0) is 61.0 Å². The summed E-state index contributed by atoms with van der Waals surface area (Å²) in [7, 11) is 0. The largest absolute Gasteiger partial charge is 0.546 e. The third kappa shape index (κ3) is 9.21. The van der Waals surface area contributed by atoms with Gasteiger partial charge in [0.25, 0.3) is 0 Å². The van der Waals surface area contributed by atoms with Crippen molar-refractivity contribution in [2.75, 3.05) is 41.8 Å². The third-order valence-electron chi connectivity index (χ3n) is 4.82. The van der Waals surface area contributed by atoms with Crippen LogP contribution in [-0.4, -0.2) is 54.6 Å². The van der Waals surface area contributed by atoms with Gasteiger partial charge < -0.3 is 25.2 Å². The normalized spacial score (nSPS) is 10.9. The van der Waals surface area contributed by atoms with E-state index in [1.165, 1.54) is 10.4 Å². The van der Waals surface area contributed by atoms with E-state index in [1.54, 1.807) is 30.7 Å². The monoisotopic (exact) mass is 513 g/mol. The number of anilines is 3. The average molecular weight is 514 g/mol. The Morgan fingerprint density at radius 3 is 2.40 bits per heavy atom. The van der Waals surface area contributed by atoms with Crippen LogP contribution in [-0.2, 0) is 13.0 Å². The minimum Gasteiger partial charge on any atom is -0.546 e. The summed E-state index contributed by atoms with van der Waals surface area (Å²) in [5, 5.41) is 16.2. The maximum absolute atomic E-state index is 11.8. The van der Waals surface area contributed by atoms with E-state index in [0.29, 0.717) is 24.7 Å². The predicted octanol–water partition coefficient (Wildman–Crippen LogP) is 4.22. The zero-order valence-corrected chi connectivity index (χ0v) is 21.3. The molecule has 0 aliphatic carbocycles. The lowest BCUT2D eigenvalue weighted by atomic mass is 10.2. The first-order valence-electron chi connectivity index (χ1n) is 11.4. The lowest BCUT2D eigenvalue weighted by molar-refractivity contribution is 0.318. The van der Waals surface area contributed by atoms with E-state index in [4.69, 9.17) is 5.11 Å². The van der Waals surface area contributed by atoms with Gasteiger partial charge >= 0.3 is 0 Å². The Labute approximate surface area is 213 Å². The van der Waals surface area contributed by atoms with Crippen LogP contribution in [0.5, 0.6) is 0 Å².